The molecule has 230 valence electrons. The third-order valence-corrected chi connectivity index (χ3v) is 9.24. The van der Waals surface area contributed by atoms with E-state index in [1.165, 1.54) is 30.8 Å². The molecule has 0 radical (unpaired) electrons. The number of aryl methyl sites for hydroxylation is 2. The van der Waals surface area contributed by atoms with Gasteiger partial charge in [-0.1, -0.05) is 11.6 Å². The van der Waals surface area contributed by atoms with Crippen molar-refractivity contribution in [3.05, 3.63) is 74.9 Å². The number of nitrogens with zero attached hydrogens (tertiary/aromatic N) is 6. The van der Waals surface area contributed by atoms with Crippen LogP contribution in [0.15, 0.2) is 47.4 Å². The van der Waals surface area contributed by atoms with E-state index in [2.05, 4.69) is 46.2 Å². The number of likely N-dealkylation sites (tertiary alicyclic amines) is 1. The Bertz CT molecular complexity index is 1800. The Hall–Kier alpha value is -4.02. The van der Waals surface area contributed by atoms with Gasteiger partial charge in [0.05, 0.1) is 11.6 Å². The number of hydrogen-bond acceptors (Lipinski definition) is 7. The molecule has 11 heteroatoms. The Morgan fingerprint density at radius 1 is 1.07 bits per heavy atom. The van der Waals surface area contributed by atoms with Crippen molar-refractivity contribution in [3.63, 3.8) is 0 Å². The van der Waals surface area contributed by atoms with Crippen molar-refractivity contribution < 1.29 is 9.18 Å². The van der Waals surface area contributed by atoms with E-state index in [-0.39, 0.29) is 22.5 Å². The van der Waals surface area contributed by atoms with Gasteiger partial charge in [-0.25, -0.2) is 9.37 Å². The first-order valence-corrected chi connectivity index (χ1v) is 15.4. The molecule has 0 unspecified atom stereocenters. The summed E-state index contributed by atoms with van der Waals surface area (Å²) in [5.41, 5.74) is 4.58. The summed E-state index contributed by atoms with van der Waals surface area (Å²) in [6, 6.07) is 9.93. The van der Waals surface area contributed by atoms with Crippen molar-refractivity contribution in [2.24, 2.45) is 0 Å². The van der Waals surface area contributed by atoms with Gasteiger partial charge in [-0.05, 0) is 81.3 Å². The number of rotatable bonds is 5. The summed E-state index contributed by atoms with van der Waals surface area (Å²) >= 11 is 6.51. The Kier molecular flexibility index (Phi) is 8.30. The molecule has 2 saturated heterocycles. The molecule has 44 heavy (non-hydrogen) atoms. The fourth-order valence-corrected chi connectivity index (χ4v) is 6.67. The van der Waals surface area contributed by atoms with E-state index in [0.29, 0.717) is 53.2 Å². The monoisotopic (exact) mass is 617 g/mol. The lowest BCUT2D eigenvalue weighted by molar-refractivity contribution is -0.130. The number of halogens is 2. The molecule has 0 saturated carbocycles. The maximum absolute atomic E-state index is 14.4. The third kappa shape index (κ3) is 5.76. The highest BCUT2D eigenvalue weighted by Crippen LogP contribution is 2.34. The molecule has 4 aromatic rings. The van der Waals surface area contributed by atoms with E-state index in [9.17, 15) is 14.0 Å². The Balaban J connectivity index is 1.43. The second-order valence-corrected chi connectivity index (χ2v) is 12.3. The molecule has 6 rings (SSSR count). The standard InChI is InChI=1S/C33H37ClFN7O2/c1-20-16-24(8-10-29(20)40-14-12-39(4)13-15-40)37-33-36-18-27-21(2)30(26-17-23(35)7-9-28(26)34)32(44)42(31(27)38-33)25-6-5-11-41(19-25)22(3)43/h7-10,16-18,25H,5-6,11-15,19H2,1-4H3,(H,36,37,38)/t25-/m0/s1. The molecule has 1 N–H and O–H groups in total. The number of amides is 1. The predicted octanol–water partition coefficient (Wildman–Crippen LogP) is 5.55. The van der Waals surface area contributed by atoms with Crippen molar-refractivity contribution in [2.45, 2.75) is 39.7 Å². The van der Waals surface area contributed by atoms with Gasteiger partial charge in [0.2, 0.25) is 11.9 Å². The number of piperidine rings is 1. The van der Waals surface area contributed by atoms with Gasteiger partial charge in [-0.15, -0.1) is 0 Å². The molecule has 0 aliphatic carbocycles. The van der Waals surface area contributed by atoms with Crippen molar-refractivity contribution in [1.82, 2.24) is 24.3 Å². The van der Waals surface area contributed by atoms with Crippen molar-refractivity contribution in [1.29, 1.82) is 0 Å². The van der Waals surface area contributed by atoms with Gasteiger partial charge in [0, 0.05) is 79.7 Å². The van der Waals surface area contributed by atoms with E-state index < -0.39 is 5.82 Å². The van der Waals surface area contributed by atoms with Gasteiger partial charge in [0.1, 0.15) is 11.5 Å². The zero-order chi connectivity index (χ0) is 31.1. The molecule has 2 aliphatic rings. The van der Waals surface area contributed by atoms with Gasteiger partial charge < -0.3 is 20.0 Å². The molecule has 9 nitrogen and oxygen atoms in total. The summed E-state index contributed by atoms with van der Waals surface area (Å²) in [6.07, 6.45) is 3.14. The quantitative estimate of drug-likeness (QED) is 0.314. The van der Waals surface area contributed by atoms with E-state index in [0.717, 1.165) is 43.9 Å². The molecular formula is C33H37ClFN7O2. The number of carbonyl (C=O) groups is 1. The number of piperazine rings is 1. The van der Waals surface area contributed by atoms with Gasteiger partial charge in [-0.2, -0.15) is 4.98 Å². The number of fused-ring (bicyclic) bond motifs is 1. The molecular weight excluding hydrogens is 581 g/mol. The minimum atomic E-state index is -0.486. The van der Waals surface area contributed by atoms with Crippen LogP contribution in [0, 0.1) is 19.7 Å². The number of aromatic nitrogens is 3. The number of carbonyl (C=O) groups excluding carboxylic acids is 1. The van der Waals surface area contributed by atoms with Crippen molar-refractivity contribution >= 4 is 45.9 Å². The smallest absolute Gasteiger partial charge is 0.260 e. The SMILES string of the molecule is CC(=O)N1CCC[C@H](n2c(=O)c(-c3cc(F)ccc3Cl)c(C)c3cnc(Nc4ccc(N5CCN(C)CC5)c(C)c4)nc32)C1. The lowest BCUT2D eigenvalue weighted by atomic mass is 9.98. The molecule has 1 atom stereocenters. The van der Waals surface area contributed by atoms with E-state index >= 15 is 0 Å². The van der Waals surface area contributed by atoms with Crippen LogP contribution in [0.1, 0.15) is 36.9 Å². The average Bonchev–Trinajstić information content (AvgIpc) is 3.00. The first kappa shape index (κ1) is 30.0. The molecule has 0 spiro atoms. The molecule has 2 aliphatic heterocycles. The maximum atomic E-state index is 14.4. The van der Waals surface area contributed by atoms with E-state index in [1.807, 2.05) is 13.0 Å². The van der Waals surface area contributed by atoms with Gasteiger partial charge in [0.25, 0.3) is 5.56 Å². The topological polar surface area (TPSA) is 86.6 Å². The van der Waals surface area contributed by atoms with Crippen LogP contribution >= 0.6 is 11.6 Å². The van der Waals surface area contributed by atoms with Gasteiger partial charge >= 0.3 is 0 Å². The number of nitrogens with one attached hydrogen (secondary N) is 1. The lowest BCUT2D eigenvalue weighted by Crippen LogP contribution is -2.44. The van der Waals surface area contributed by atoms with Crippen LogP contribution in [-0.2, 0) is 4.79 Å². The number of hydrogen-bond donors (Lipinski definition) is 1. The zero-order valence-electron chi connectivity index (χ0n) is 25.5. The molecule has 2 aromatic carbocycles. The second-order valence-electron chi connectivity index (χ2n) is 11.9. The summed E-state index contributed by atoms with van der Waals surface area (Å²) in [7, 11) is 2.15. The van der Waals surface area contributed by atoms with E-state index in [4.69, 9.17) is 16.6 Å². The fraction of sp³-hybridized carbons (Fsp3) is 0.394. The molecule has 2 fully saturated rings. The minimum absolute atomic E-state index is 0.0417. The van der Waals surface area contributed by atoms with Crippen molar-refractivity contribution in [2.75, 3.05) is 56.5 Å². The van der Waals surface area contributed by atoms with Gasteiger partial charge in [0.15, 0.2) is 0 Å². The average molecular weight is 618 g/mol. The summed E-state index contributed by atoms with van der Waals surface area (Å²) in [5, 5.41) is 4.27. The predicted molar refractivity (Wildman–Crippen MR) is 174 cm³/mol. The third-order valence-electron chi connectivity index (χ3n) is 8.91. The zero-order valence-corrected chi connectivity index (χ0v) is 26.3. The highest BCUT2D eigenvalue weighted by Gasteiger charge is 2.28. The highest BCUT2D eigenvalue weighted by atomic mass is 35.5. The van der Waals surface area contributed by atoms with Crippen LogP contribution < -0.4 is 15.8 Å². The van der Waals surface area contributed by atoms with Crippen LogP contribution in [0.5, 0.6) is 0 Å². The number of anilines is 3. The van der Waals surface area contributed by atoms with E-state index in [1.54, 1.807) is 15.7 Å². The molecule has 4 heterocycles. The summed E-state index contributed by atoms with van der Waals surface area (Å²) in [6.45, 7) is 10.5. The highest BCUT2D eigenvalue weighted by molar-refractivity contribution is 6.33. The summed E-state index contributed by atoms with van der Waals surface area (Å²) in [5.74, 6) is -0.174. The normalized spacial score (nSPS) is 17.7. The van der Waals surface area contributed by atoms with Crippen molar-refractivity contribution in [3.8, 4) is 11.1 Å². The number of benzene rings is 2. The lowest BCUT2D eigenvalue weighted by Gasteiger charge is -2.35. The minimum Gasteiger partial charge on any atom is -0.369 e. The summed E-state index contributed by atoms with van der Waals surface area (Å²) in [4.78, 5) is 42.7. The molecule has 1 amide bonds. The van der Waals surface area contributed by atoms with Gasteiger partial charge in [-0.3, -0.25) is 14.2 Å². The number of likely N-dealkylation sites (N-methyl/N-ethyl adjacent to an activating group) is 1. The number of pyridine rings is 1. The first-order chi connectivity index (χ1) is 21.1. The Morgan fingerprint density at radius 3 is 2.57 bits per heavy atom. The fourth-order valence-electron chi connectivity index (χ4n) is 6.45. The Morgan fingerprint density at radius 2 is 1.84 bits per heavy atom. The molecule has 2 aromatic heterocycles. The first-order valence-electron chi connectivity index (χ1n) is 15.0. The second kappa shape index (κ2) is 12.2. The molecule has 0 bridgehead atoms. The Labute approximate surface area is 261 Å². The summed E-state index contributed by atoms with van der Waals surface area (Å²) < 4.78 is 16.0. The largest absolute Gasteiger partial charge is 0.369 e. The van der Waals surface area contributed by atoms with Crippen LogP contribution in [0.2, 0.25) is 5.02 Å². The maximum Gasteiger partial charge on any atom is 0.260 e. The van der Waals surface area contributed by atoms with Crippen LogP contribution in [0.3, 0.4) is 0 Å². The van der Waals surface area contributed by atoms with Crippen LogP contribution in [0.4, 0.5) is 21.7 Å². The van der Waals surface area contributed by atoms with Crippen LogP contribution in [0.25, 0.3) is 22.2 Å². The van der Waals surface area contributed by atoms with Crippen LogP contribution in [-0.4, -0.2) is 76.6 Å².